The molecular weight excluding hydrogens is 266 g/mol. The molecule has 0 bridgehead atoms. The van der Waals surface area contributed by atoms with E-state index in [1.807, 2.05) is 0 Å². The fourth-order valence-electron chi connectivity index (χ4n) is 2.74. The Morgan fingerprint density at radius 2 is 2.30 bits per heavy atom. The Hall–Kier alpha value is -1.00. The molecule has 2 N–H and O–H groups in total. The van der Waals surface area contributed by atoms with Crippen LogP contribution in [0.5, 0.6) is 0 Å². The molecule has 2 heterocycles. The van der Waals surface area contributed by atoms with Gasteiger partial charge in [-0.1, -0.05) is 6.07 Å². The van der Waals surface area contributed by atoms with Gasteiger partial charge in [0.15, 0.2) is 0 Å². The number of rotatable bonds is 5. The SMILES string of the molecule is Cc1ccc2[nH]c(CCCN[C@H]3CCSC3)nc2c1C. The number of aryl methyl sites for hydroxylation is 3. The van der Waals surface area contributed by atoms with Gasteiger partial charge in [-0.05, 0) is 56.2 Å². The maximum absolute atomic E-state index is 4.75. The highest BCUT2D eigenvalue weighted by molar-refractivity contribution is 7.99. The van der Waals surface area contributed by atoms with Crippen molar-refractivity contribution in [2.24, 2.45) is 0 Å². The fraction of sp³-hybridized carbons (Fsp3) is 0.562. The second-order valence-corrected chi connectivity index (χ2v) is 6.86. The Labute approximate surface area is 124 Å². The highest BCUT2D eigenvalue weighted by Gasteiger charge is 2.14. The lowest BCUT2D eigenvalue weighted by atomic mass is 10.1. The summed E-state index contributed by atoms with van der Waals surface area (Å²) in [5, 5.41) is 3.64. The molecule has 0 spiro atoms. The van der Waals surface area contributed by atoms with Gasteiger partial charge in [-0.25, -0.2) is 4.98 Å². The summed E-state index contributed by atoms with van der Waals surface area (Å²) >= 11 is 2.06. The Kier molecular flexibility index (Phi) is 4.32. The first-order valence-electron chi connectivity index (χ1n) is 7.50. The molecule has 3 nitrogen and oxygen atoms in total. The van der Waals surface area contributed by atoms with E-state index in [4.69, 9.17) is 4.98 Å². The van der Waals surface area contributed by atoms with E-state index >= 15 is 0 Å². The van der Waals surface area contributed by atoms with E-state index in [2.05, 4.69) is 48.0 Å². The molecule has 1 fully saturated rings. The van der Waals surface area contributed by atoms with Crippen molar-refractivity contribution in [3.63, 3.8) is 0 Å². The number of aromatic amines is 1. The molecule has 20 heavy (non-hydrogen) atoms. The zero-order valence-corrected chi connectivity index (χ0v) is 13.1. The average Bonchev–Trinajstić information content (AvgIpc) is 3.08. The van der Waals surface area contributed by atoms with Gasteiger partial charge in [0.2, 0.25) is 0 Å². The van der Waals surface area contributed by atoms with Crippen LogP contribution in [0.15, 0.2) is 12.1 Å². The zero-order valence-electron chi connectivity index (χ0n) is 12.3. The third kappa shape index (κ3) is 3.01. The number of hydrogen-bond acceptors (Lipinski definition) is 3. The van der Waals surface area contributed by atoms with Crippen LogP contribution in [0, 0.1) is 13.8 Å². The summed E-state index contributed by atoms with van der Waals surface area (Å²) in [6.07, 6.45) is 3.51. The second-order valence-electron chi connectivity index (χ2n) is 5.71. The van der Waals surface area contributed by atoms with Gasteiger partial charge >= 0.3 is 0 Å². The van der Waals surface area contributed by atoms with E-state index in [-0.39, 0.29) is 0 Å². The number of aromatic nitrogens is 2. The smallest absolute Gasteiger partial charge is 0.107 e. The Bertz CT molecular complexity index is 585. The predicted octanol–water partition coefficient (Wildman–Crippen LogP) is 3.21. The van der Waals surface area contributed by atoms with Crippen LogP contribution in [0.1, 0.15) is 29.8 Å². The van der Waals surface area contributed by atoms with Crippen molar-refractivity contribution < 1.29 is 0 Å². The van der Waals surface area contributed by atoms with Gasteiger partial charge in [0.25, 0.3) is 0 Å². The van der Waals surface area contributed by atoms with Crippen LogP contribution in [0.3, 0.4) is 0 Å². The summed E-state index contributed by atoms with van der Waals surface area (Å²) in [5.74, 6) is 3.72. The van der Waals surface area contributed by atoms with Crippen LogP contribution in [0.2, 0.25) is 0 Å². The van der Waals surface area contributed by atoms with Crippen molar-refractivity contribution in [1.29, 1.82) is 0 Å². The number of nitrogens with zero attached hydrogens (tertiary/aromatic N) is 1. The molecule has 1 aromatic carbocycles. The highest BCUT2D eigenvalue weighted by Crippen LogP contribution is 2.20. The molecular formula is C16H23N3S. The van der Waals surface area contributed by atoms with Crippen molar-refractivity contribution in [2.75, 3.05) is 18.1 Å². The highest BCUT2D eigenvalue weighted by atomic mass is 32.2. The van der Waals surface area contributed by atoms with Crippen molar-refractivity contribution in [3.05, 3.63) is 29.1 Å². The van der Waals surface area contributed by atoms with Gasteiger partial charge in [0.1, 0.15) is 5.82 Å². The van der Waals surface area contributed by atoms with Crippen LogP contribution in [0.4, 0.5) is 0 Å². The quantitative estimate of drug-likeness (QED) is 0.830. The molecule has 0 aliphatic carbocycles. The van der Waals surface area contributed by atoms with Crippen molar-refractivity contribution in [3.8, 4) is 0 Å². The molecule has 1 aliphatic rings. The predicted molar refractivity (Wildman–Crippen MR) is 87.6 cm³/mol. The molecule has 3 rings (SSSR count). The largest absolute Gasteiger partial charge is 0.342 e. The number of benzene rings is 1. The molecule has 0 radical (unpaired) electrons. The Balaban J connectivity index is 1.56. The maximum Gasteiger partial charge on any atom is 0.107 e. The first kappa shape index (κ1) is 14.0. The van der Waals surface area contributed by atoms with E-state index < -0.39 is 0 Å². The third-order valence-electron chi connectivity index (χ3n) is 4.18. The van der Waals surface area contributed by atoms with E-state index in [1.165, 1.54) is 34.6 Å². The third-order valence-corrected chi connectivity index (χ3v) is 5.34. The van der Waals surface area contributed by atoms with Crippen LogP contribution in [0.25, 0.3) is 11.0 Å². The monoisotopic (exact) mass is 289 g/mol. The summed E-state index contributed by atoms with van der Waals surface area (Å²) in [6, 6.07) is 5.04. The standard InChI is InChI=1S/C16H23N3S/c1-11-5-6-14-16(12(11)2)19-15(18-14)4-3-8-17-13-7-9-20-10-13/h5-6,13,17H,3-4,7-10H2,1-2H3,(H,18,19)/t13-/m0/s1. The minimum absolute atomic E-state index is 0.737. The van der Waals surface area contributed by atoms with Gasteiger partial charge in [-0.2, -0.15) is 11.8 Å². The first-order chi connectivity index (χ1) is 9.74. The minimum atomic E-state index is 0.737. The van der Waals surface area contributed by atoms with Crippen molar-refractivity contribution in [1.82, 2.24) is 15.3 Å². The molecule has 0 saturated carbocycles. The molecule has 108 valence electrons. The summed E-state index contributed by atoms with van der Waals surface area (Å²) in [6.45, 7) is 5.40. The number of fused-ring (bicyclic) bond motifs is 1. The molecule has 1 aromatic heterocycles. The van der Waals surface area contributed by atoms with Gasteiger partial charge < -0.3 is 10.3 Å². The minimum Gasteiger partial charge on any atom is -0.342 e. The van der Waals surface area contributed by atoms with Crippen LogP contribution < -0.4 is 5.32 Å². The number of H-pyrrole nitrogens is 1. The lowest BCUT2D eigenvalue weighted by Crippen LogP contribution is -2.29. The normalized spacial score (nSPS) is 19.0. The second kappa shape index (κ2) is 6.19. The van der Waals surface area contributed by atoms with E-state index in [0.717, 1.165) is 36.8 Å². The molecule has 1 atom stereocenters. The van der Waals surface area contributed by atoms with Gasteiger partial charge in [0.05, 0.1) is 11.0 Å². The molecule has 1 aliphatic heterocycles. The number of imidazole rings is 1. The summed E-state index contributed by atoms with van der Waals surface area (Å²) in [5.41, 5.74) is 4.92. The lowest BCUT2D eigenvalue weighted by molar-refractivity contribution is 0.542. The summed E-state index contributed by atoms with van der Waals surface area (Å²) in [4.78, 5) is 8.20. The lowest BCUT2D eigenvalue weighted by Gasteiger charge is -2.09. The van der Waals surface area contributed by atoms with Gasteiger partial charge in [-0.15, -0.1) is 0 Å². The van der Waals surface area contributed by atoms with E-state index in [1.54, 1.807) is 0 Å². The zero-order chi connectivity index (χ0) is 13.9. The Morgan fingerprint density at radius 1 is 1.40 bits per heavy atom. The van der Waals surface area contributed by atoms with E-state index in [9.17, 15) is 0 Å². The number of hydrogen-bond donors (Lipinski definition) is 2. The number of nitrogens with one attached hydrogen (secondary N) is 2. The topological polar surface area (TPSA) is 40.7 Å². The average molecular weight is 289 g/mol. The maximum atomic E-state index is 4.75. The molecule has 4 heteroatoms. The molecule has 1 saturated heterocycles. The van der Waals surface area contributed by atoms with Crippen molar-refractivity contribution in [2.45, 2.75) is 39.2 Å². The van der Waals surface area contributed by atoms with Crippen molar-refractivity contribution >= 4 is 22.8 Å². The van der Waals surface area contributed by atoms with Gasteiger partial charge in [-0.3, -0.25) is 0 Å². The van der Waals surface area contributed by atoms with Gasteiger partial charge in [0, 0.05) is 18.2 Å². The summed E-state index contributed by atoms with van der Waals surface area (Å²) in [7, 11) is 0. The fourth-order valence-corrected chi connectivity index (χ4v) is 3.93. The molecule has 0 amide bonds. The summed E-state index contributed by atoms with van der Waals surface area (Å²) < 4.78 is 0. The van der Waals surface area contributed by atoms with Crippen LogP contribution in [-0.4, -0.2) is 34.1 Å². The van der Waals surface area contributed by atoms with Crippen LogP contribution >= 0.6 is 11.8 Å². The van der Waals surface area contributed by atoms with Crippen LogP contribution in [-0.2, 0) is 6.42 Å². The van der Waals surface area contributed by atoms with E-state index in [0.29, 0.717) is 0 Å². The number of thioether (sulfide) groups is 1. The Morgan fingerprint density at radius 3 is 3.10 bits per heavy atom. The molecule has 0 unspecified atom stereocenters. The first-order valence-corrected chi connectivity index (χ1v) is 8.65. The molecule has 2 aromatic rings.